The van der Waals surface area contributed by atoms with Crippen molar-refractivity contribution < 1.29 is 9.53 Å². The number of rotatable bonds is 9. The van der Waals surface area contributed by atoms with Gasteiger partial charge in [-0.2, -0.15) is 5.10 Å². The number of hydrogen-bond acceptors (Lipinski definition) is 5. The lowest BCUT2D eigenvalue weighted by Crippen LogP contribution is -2.28. The van der Waals surface area contributed by atoms with Crippen molar-refractivity contribution >= 4 is 40.3 Å². The summed E-state index contributed by atoms with van der Waals surface area (Å²) in [6.07, 6.45) is 7.53. The van der Waals surface area contributed by atoms with Crippen LogP contribution in [-0.4, -0.2) is 38.1 Å². The minimum absolute atomic E-state index is 0.0359. The van der Waals surface area contributed by atoms with Crippen LogP contribution in [0.4, 0.5) is 0 Å². The van der Waals surface area contributed by atoms with Crippen molar-refractivity contribution in [1.82, 2.24) is 14.7 Å². The fourth-order valence-corrected chi connectivity index (χ4v) is 4.99. The van der Waals surface area contributed by atoms with E-state index in [1.54, 1.807) is 11.0 Å². The average molecular weight is 490 g/mol. The van der Waals surface area contributed by atoms with Gasteiger partial charge in [0.25, 0.3) is 5.91 Å². The van der Waals surface area contributed by atoms with E-state index in [0.717, 1.165) is 46.7 Å². The Bertz CT molecular complexity index is 1250. The molecule has 5 nitrogen and oxygen atoms in total. The lowest BCUT2D eigenvalue weighted by atomic mass is 10.0. The second kappa shape index (κ2) is 10.8. The minimum Gasteiger partial charge on any atom is -0.489 e. The SMILES string of the molecule is C=CCOc1ccc(-c2nn(-c3ccccc3)cc2/C=C2/SC(=S)N(CCCC)C2=O)cc1C. The summed E-state index contributed by atoms with van der Waals surface area (Å²) < 4.78 is 8.19. The van der Waals surface area contributed by atoms with E-state index in [4.69, 9.17) is 22.1 Å². The van der Waals surface area contributed by atoms with E-state index < -0.39 is 0 Å². The van der Waals surface area contributed by atoms with E-state index in [2.05, 4.69) is 19.6 Å². The lowest BCUT2D eigenvalue weighted by molar-refractivity contribution is -0.122. The van der Waals surface area contributed by atoms with Crippen LogP contribution in [0.2, 0.25) is 0 Å². The predicted octanol–water partition coefficient (Wildman–Crippen LogP) is 6.41. The van der Waals surface area contributed by atoms with Crippen molar-refractivity contribution in [3.05, 3.63) is 83.4 Å². The van der Waals surface area contributed by atoms with Crippen LogP contribution in [0.1, 0.15) is 30.9 Å². The van der Waals surface area contributed by atoms with Crippen LogP contribution in [0.25, 0.3) is 23.0 Å². The summed E-state index contributed by atoms with van der Waals surface area (Å²) in [5.41, 5.74) is 4.55. The standard InChI is InChI=1S/C27H27N3O2S2/c1-4-6-14-29-26(31)24(34-27(29)33)17-21-18-30(22-10-8-7-9-11-22)28-25(21)20-12-13-23(19(3)16-20)32-15-5-2/h5,7-13,16-18H,2,4,6,14-15H2,1,3H3/b24-17+. The highest BCUT2D eigenvalue weighted by molar-refractivity contribution is 8.26. The van der Waals surface area contributed by atoms with Gasteiger partial charge in [-0.3, -0.25) is 9.69 Å². The monoisotopic (exact) mass is 489 g/mol. The zero-order valence-corrected chi connectivity index (χ0v) is 21.0. The largest absolute Gasteiger partial charge is 0.489 e. The lowest BCUT2D eigenvalue weighted by Gasteiger charge is -2.13. The molecule has 0 spiro atoms. The van der Waals surface area contributed by atoms with Gasteiger partial charge in [-0.15, -0.1) is 0 Å². The number of unbranched alkanes of at least 4 members (excludes halogenated alkanes) is 1. The normalized spacial score (nSPS) is 14.8. The molecule has 4 rings (SSSR count). The van der Waals surface area contributed by atoms with Gasteiger partial charge in [-0.25, -0.2) is 4.68 Å². The van der Waals surface area contributed by atoms with E-state index in [1.807, 2.05) is 66.3 Å². The first-order chi connectivity index (χ1) is 16.5. The van der Waals surface area contributed by atoms with Crippen LogP contribution >= 0.6 is 24.0 Å². The molecule has 0 saturated carbocycles. The number of ether oxygens (including phenoxy) is 1. The third-order valence-electron chi connectivity index (χ3n) is 5.46. The van der Waals surface area contributed by atoms with Gasteiger partial charge in [0.15, 0.2) is 0 Å². The second-order valence-corrected chi connectivity index (χ2v) is 9.66. The van der Waals surface area contributed by atoms with Gasteiger partial charge < -0.3 is 4.74 Å². The average Bonchev–Trinajstić information content (AvgIpc) is 3.38. The highest BCUT2D eigenvalue weighted by atomic mass is 32.2. The highest BCUT2D eigenvalue weighted by Crippen LogP contribution is 2.35. The number of amides is 1. The summed E-state index contributed by atoms with van der Waals surface area (Å²) in [5.74, 6) is 0.774. The second-order valence-electron chi connectivity index (χ2n) is 7.98. The zero-order chi connectivity index (χ0) is 24.1. The minimum atomic E-state index is -0.0359. The molecule has 34 heavy (non-hydrogen) atoms. The third kappa shape index (κ3) is 5.16. The molecule has 0 radical (unpaired) electrons. The number of thioether (sulfide) groups is 1. The number of para-hydroxylation sites is 1. The van der Waals surface area contributed by atoms with Gasteiger partial charge in [-0.1, -0.05) is 68.2 Å². The van der Waals surface area contributed by atoms with Crippen LogP contribution in [0.3, 0.4) is 0 Å². The molecule has 1 fully saturated rings. The number of thiocarbonyl (C=S) groups is 1. The molecule has 0 aliphatic carbocycles. The van der Waals surface area contributed by atoms with Gasteiger partial charge in [-0.05, 0) is 55.3 Å². The number of nitrogens with zero attached hydrogens (tertiary/aromatic N) is 3. The molecule has 1 aliphatic rings. The van der Waals surface area contributed by atoms with Crippen molar-refractivity contribution in [2.45, 2.75) is 26.7 Å². The van der Waals surface area contributed by atoms with E-state index in [-0.39, 0.29) is 5.91 Å². The fourth-order valence-electron chi connectivity index (χ4n) is 3.69. The summed E-state index contributed by atoms with van der Waals surface area (Å²) in [7, 11) is 0. The Hall–Kier alpha value is -3.16. The number of benzene rings is 2. The number of hydrogen-bond donors (Lipinski definition) is 0. The van der Waals surface area contributed by atoms with Gasteiger partial charge in [0, 0.05) is 23.9 Å². The van der Waals surface area contributed by atoms with Crippen LogP contribution < -0.4 is 4.74 Å². The summed E-state index contributed by atoms with van der Waals surface area (Å²) in [5, 5.41) is 4.89. The molecule has 2 aromatic carbocycles. The van der Waals surface area contributed by atoms with E-state index in [0.29, 0.717) is 22.4 Å². The van der Waals surface area contributed by atoms with Gasteiger partial charge in [0.05, 0.1) is 10.6 Å². The first-order valence-electron chi connectivity index (χ1n) is 11.3. The van der Waals surface area contributed by atoms with Crippen LogP contribution in [0.15, 0.2) is 72.3 Å². The number of aromatic nitrogens is 2. The fraction of sp³-hybridized carbons (Fsp3) is 0.222. The molecular weight excluding hydrogens is 462 g/mol. The number of carbonyl (C=O) groups excluding carboxylic acids is 1. The Morgan fingerprint density at radius 2 is 2.00 bits per heavy atom. The first kappa shape index (κ1) is 24.0. The third-order valence-corrected chi connectivity index (χ3v) is 6.84. The van der Waals surface area contributed by atoms with Crippen LogP contribution in [-0.2, 0) is 4.79 Å². The summed E-state index contributed by atoms with van der Waals surface area (Å²) in [6.45, 7) is 8.93. The molecule has 1 aliphatic heterocycles. The van der Waals surface area contributed by atoms with E-state index >= 15 is 0 Å². The predicted molar refractivity (Wildman–Crippen MR) is 144 cm³/mol. The van der Waals surface area contributed by atoms with Crippen molar-refractivity contribution in [2.24, 2.45) is 0 Å². The number of aryl methyl sites for hydroxylation is 1. The molecule has 0 N–H and O–H groups in total. The maximum absolute atomic E-state index is 13.0. The van der Waals surface area contributed by atoms with Crippen molar-refractivity contribution in [1.29, 1.82) is 0 Å². The van der Waals surface area contributed by atoms with Gasteiger partial charge >= 0.3 is 0 Å². The smallest absolute Gasteiger partial charge is 0.266 e. The van der Waals surface area contributed by atoms with Crippen molar-refractivity contribution in [2.75, 3.05) is 13.2 Å². The molecule has 0 unspecified atom stereocenters. The van der Waals surface area contributed by atoms with Crippen molar-refractivity contribution in [3.8, 4) is 22.7 Å². The molecule has 2 heterocycles. The Labute approximate surface area is 210 Å². The molecule has 0 bridgehead atoms. The Kier molecular flexibility index (Phi) is 7.65. The Balaban J connectivity index is 1.75. The Morgan fingerprint density at radius 3 is 2.71 bits per heavy atom. The van der Waals surface area contributed by atoms with Gasteiger partial charge in [0.1, 0.15) is 22.4 Å². The first-order valence-corrected chi connectivity index (χ1v) is 12.5. The topological polar surface area (TPSA) is 47.4 Å². The molecule has 0 atom stereocenters. The molecule has 1 aromatic heterocycles. The Morgan fingerprint density at radius 1 is 1.21 bits per heavy atom. The summed E-state index contributed by atoms with van der Waals surface area (Å²) >= 11 is 6.84. The van der Waals surface area contributed by atoms with E-state index in [9.17, 15) is 4.79 Å². The molecule has 174 valence electrons. The van der Waals surface area contributed by atoms with Gasteiger partial charge in [0.2, 0.25) is 0 Å². The van der Waals surface area contributed by atoms with E-state index in [1.165, 1.54) is 11.8 Å². The maximum atomic E-state index is 13.0. The molecule has 1 saturated heterocycles. The maximum Gasteiger partial charge on any atom is 0.266 e. The molecular formula is C27H27N3O2S2. The zero-order valence-electron chi connectivity index (χ0n) is 19.4. The summed E-state index contributed by atoms with van der Waals surface area (Å²) in [4.78, 5) is 15.4. The van der Waals surface area contributed by atoms with Crippen molar-refractivity contribution in [3.63, 3.8) is 0 Å². The highest BCUT2D eigenvalue weighted by Gasteiger charge is 2.31. The summed E-state index contributed by atoms with van der Waals surface area (Å²) in [6, 6.07) is 15.9. The van der Waals surface area contributed by atoms with Crippen LogP contribution in [0.5, 0.6) is 5.75 Å². The molecule has 7 heteroatoms. The molecule has 3 aromatic rings. The number of carbonyl (C=O) groups is 1. The molecule has 1 amide bonds. The quantitative estimate of drug-likeness (QED) is 0.197. The van der Waals surface area contributed by atoms with Crippen LogP contribution in [0, 0.1) is 6.92 Å².